The number of fused-ring (bicyclic) bond motifs is 2. The first kappa shape index (κ1) is 17.5. The third kappa shape index (κ3) is 3.37. The number of amides is 1. The number of ether oxygens (including phenoxy) is 3. The molecular formula is C19H20N6O4. The molecule has 5 rings (SSSR count). The predicted molar refractivity (Wildman–Crippen MR) is 102 cm³/mol. The smallest absolute Gasteiger partial charge is 0.261 e. The van der Waals surface area contributed by atoms with Crippen LogP contribution < -0.4 is 24.4 Å². The Morgan fingerprint density at radius 2 is 2.24 bits per heavy atom. The molecule has 4 heterocycles. The molecule has 2 atom stereocenters. The lowest BCUT2D eigenvalue weighted by molar-refractivity contribution is -0.127. The van der Waals surface area contributed by atoms with Crippen LogP contribution in [0.3, 0.4) is 0 Å². The molecule has 0 saturated carbocycles. The van der Waals surface area contributed by atoms with Gasteiger partial charge in [-0.05, 0) is 25.5 Å². The van der Waals surface area contributed by atoms with E-state index in [9.17, 15) is 4.79 Å². The summed E-state index contributed by atoms with van der Waals surface area (Å²) < 4.78 is 18.2. The Hall–Kier alpha value is -3.56. The molecule has 0 spiro atoms. The second-order valence-corrected chi connectivity index (χ2v) is 7.03. The lowest BCUT2D eigenvalue weighted by Gasteiger charge is -2.20. The number of hydrogen-bond donors (Lipinski definition) is 1. The van der Waals surface area contributed by atoms with Gasteiger partial charge in [-0.15, -0.1) is 10.2 Å². The molecule has 1 aromatic carbocycles. The van der Waals surface area contributed by atoms with Crippen molar-refractivity contribution in [1.29, 1.82) is 0 Å². The van der Waals surface area contributed by atoms with Gasteiger partial charge in [-0.1, -0.05) is 0 Å². The molecule has 29 heavy (non-hydrogen) atoms. The van der Waals surface area contributed by atoms with Gasteiger partial charge in [0.2, 0.25) is 12.4 Å². The largest absolute Gasteiger partial charge is 0.481 e. The summed E-state index contributed by atoms with van der Waals surface area (Å²) in [6, 6.07) is 5.28. The molecule has 3 aromatic rings. The maximum absolute atomic E-state index is 12.6. The fraction of sp³-hybridized carbons (Fsp3) is 0.368. The van der Waals surface area contributed by atoms with Crippen molar-refractivity contribution in [3.63, 3.8) is 0 Å². The van der Waals surface area contributed by atoms with Gasteiger partial charge in [-0.2, -0.15) is 0 Å². The van der Waals surface area contributed by atoms with E-state index in [2.05, 4.69) is 25.4 Å². The average molecular weight is 396 g/mol. The Morgan fingerprint density at radius 1 is 1.34 bits per heavy atom. The zero-order valence-corrected chi connectivity index (χ0v) is 15.8. The molecule has 10 heteroatoms. The molecule has 1 N–H and O–H groups in total. The van der Waals surface area contributed by atoms with Crippen LogP contribution in [0, 0.1) is 0 Å². The van der Waals surface area contributed by atoms with Crippen molar-refractivity contribution in [3.8, 4) is 17.2 Å². The Balaban J connectivity index is 1.19. The van der Waals surface area contributed by atoms with Gasteiger partial charge in [0.1, 0.15) is 12.1 Å². The van der Waals surface area contributed by atoms with E-state index in [0.29, 0.717) is 29.4 Å². The van der Waals surface area contributed by atoms with Crippen molar-refractivity contribution in [2.45, 2.75) is 25.5 Å². The number of nitrogens with zero attached hydrogens (tertiary/aromatic N) is 5. The molecule has 0 radical (unpaired) electrons. The number of nitrogens with one attached hydrogen (secondary N) is 1. The molecule has 0 bridgehead atoms. The summed E-state index contributed by atoms with van der Waals surface area (Å²) in [4.78, 5) is 19.1. The first-order chi connectivity index (χ1) is 14.2. The summed E-state index contributed by atoms with van der Waals surface area (Å²) in [6.45, 7) is 3.36. The minimum Gasteiger partial charge on any atom is -0.481 e. The van der Waals surface area contributed by atoms with Gasteiger partial charge >= 0.3 is 0 Å². The van der Waals surface area contributed by atoms with Crippen molar-refractivity contribution >= 4 is 17.4 Å². The van der Waals surface area contributed by atoms with Crippen LogP contribution in [0.15, 0.2) is 36.9 Å². The van der Waals surface area contributed by atoms with Crippen LogP contribution in [0.2, 0.25) is 0 Å². The van der Waals surface area contributed by atoms with E-state index in [1.54, 1.807) is 37.6 Å². The molecule has 0 aliphatic carbocycles. The van der Waals surface area contributed by atoms with Gasteiger partial charge in [-0.25, -0.2) is 4.98 Å². The van der Waals surface area contributed by atoms with Gasteiger partial charge < -0.3 is 24.4 Å². The topological polar surface area (TPSA) is 103 Å². The molecule has 150 valence electrons. The quantitative estimate of drug-likeness (QED) is 0.682. The van der Waals surface area contributed by atoms with Crippen molar-refractivity contribution in [2.24, 2.45) is 0 Å². The Kier molecular flexibility index (Phi) is 4.30. The Bertz CT molecular complexity index is 1050. The number of carbonyl (C=O) groups excluding carboxylic acids is 1. The predicted octanol–water partition coefficient (Wildman–Crippen LogP) is 1.02. The van der Waals surface area contributed by atoms with Crippen LogP contribution in [0.25, 0.3) is 5.65 Å². The molecule has 1 amide bonds. The standard InChI is InChI=1S/C19H20N6O4/c1-12(29-14-2-3-15-16(8-14)28-11-27-15)19(26)22-13-4-6-24(9-13)17-18-23-21-10-25(18)7-5-20-17/h2-3,5,7-8,10,12-13H,4,6,9,11H2,1H3,(H,22,26)/t12-,13-/m1/s1. The molecule has 2 aliphatic rings. The van der Waals surface area contributed by atoms with E-state index < -0.39 is 6.10 Å². The summed E-state index contributed by atoms with van der Waals surface area (Å²) in [5, 5.41) is 11.1. The van der Waals surface area contributed by atoms with E-state index in [1.807, 2.05) is 10.6 Å². The van der Waals surface area contributed by atoms with E-state index in [1.165, 1.54) is 0 Å². The van der Waals surface area contributed by atoms with Crippen LogP contribution in [0.4, 0.5) is 5.82 Å². The third-order valence-electron chi connectivity index (χ3n) is 5.06. The van der Waals surface area contributed by atoms with Crippen LogP contribution in [-0.2, 0) is 4.79 Å². The van der Waals surface area contributed by atoms with Gasteiger partial charge in [0.05, 0.1) is 0 Å². The summed E-state index contributed by atoms with van der Waals surface area (Å²) in [6.07, 6.45) is 5.36. The molecule has 1 fully saturated rings. The molecule has 1 saturated heterocycles. The van der Waals surface area contributed by atoms with Gasteiger partial charge in [0.25, 0.3) is 5.91 Å². The number of aromatic nitrogens is 4. The van der Waals surface area contributed by atoms with Crippen molar-refractivity contribution in [2.75, 3.05) is 24.8 Å². The fourth-order valence-corrected chi connectivity index (χ4v) is 3.57. The highest BCUT2D eigenvalue weighted by atomic mass is 16.7. The van der Waals surface area contributed by atoms with Gasteiger partial charge in [0.15, 0.2) is 23.4 Å². The van der Waals surface area contributed by atoms with Crippen LogP contribution in [0.5, 0.6) is 17.2 Å². The van der Waals surface area contributed by atoms with Crippen LogP contribution in [0.1, 0.15) is 13.3 Å². The maximum atomic E-state index is 12.6. The Morgan fingerprint density at radius 3 is 3.17 bits per heavy atom. The van der Waals surface area contributed by atoms with Crippen molar-refractivity contribution in [1.82, 2.24) is 24.9 Å². The highest BCUT2D eigenvalue weighted by molar-refractivity contribution is 5.81. The second-order valence-electron chi connectivity index (χ2n) is 7.03. The summed E-state index contributed by atoms with van der Waals surface area (Å²) in [5.41, 5.74) is 0.707. The highest BCUT2D eigenvalue weighted by Gasteiger charge is 2.28. The first-order valence-electron chi connectivity index (χ1n) is 9.43. The summed E-state index contributed by atoms with van der Waals surface area (Å²) in [7, 11) is 0. The maximum Gasteiger partial charge on any atom is 0.261 e. The highest BCUT2D eigenvalue weighted by Crippen LogP contribution is 2.35. The number of benzene rings is 1. The molecule has 2 aliphatic heterocycles. The molecule has 10 nitrogen and oxygen atoms in total. The molecule has 0 unspecified atom stereocenters. The van der Waals surface area contributed by atoms with Crippen molar-refractivity contribution < 1.29 is 19.0 Å². The van der Waals surface area contributed by atoms with Crippen LogP contribution in [-0.4, -0.2) is 57.5 Å². The monoisotopic (exact) mass is 396 g/mol. The van der Waals surface area contributed by atoms with E-state index in [-0.39, 0.29) is 18.7 Å². The fourth-order valence-electron chi connectivity index (χ4n) is 3.57. The number of carbonyl (C=O) groups is 1. The lowest BCUT2D eigenvalue weighted by atomic mass is 10.2. The number of hydrogen-bond acceptors (Lipinski definition) is 8. The average Bonchev–Trinajstić information content (AvgIpc) is 3.47. The molecular weight excluding hydrogens is 376 g/mol. The van der Waals surface area contributed by atoms with Gasteiger partial charge in [0, 0.05) is 37.6 Å². The zero-order valence-electron chi connectivity index (χ0n) is 15.8. The Labute approximate surface area is 166 Å². The zero-order chi connectivity index (χ0) is 19.8. The third-order valence-corrected chi connectivity index (χ3v) is 5.06. The van der Waals surface area contributed by atoms with Crippen molar-refractivity contribution in [3.05, 3.63) is 36.9 Å². The molecule has 2 aromatic heterocycles. The van der Waals surface area contributed by atoms with E-state index in [0.717, 1.165) is 18.8 Å². The number of rotatable bonds is 5. The van der Waals surface area contributed by atoms with E-state index in [4.69, 9.17) is 14.2 Å². The normalized spacial score (nSPS) is 18.8. The second kappa shape index (κ2) is 7.12. The first-order valence-corrected chi connectivity index (χ1v) is 9.43. The summed E-state index contributed by atoms with van der Waals surface area (Å²) >= 11 is 0. The minimum atomic E-state index is -0.637. The van der Waals surface area contributed by atoms with Gasteiger partial charge in [-0.3, -0.25) is 9.20 Å². The number of anilines is 1. The van der Waals surface area contributed by atoms with E-state index >= 15 is 0 Å². The summed E-state index contributed by atoms with van der Waals surface area (Å²) in [5.74, 6) is 2.47. The SMILES string of the molecule is C[C@@H](Oc1ccc2c(c1)OCO2)C(=O)N[C@@H]1CCN(c2nccn3cnnc23)C1. The minimum absolute atomic E-state index is 0.00952. The van der Waals surface area contributed by atoms with Crippen LogP contribution >= 0.6 is 0 Å². The lowest BCUT2D eigenvalue weighted by Crippen LogP contribution is -2.43.